The molecule has 0 spiro atoms. The van der Waals surface area contributed by atoms with Gasteiger partial charge < -0.3 is 11.1 Å². The third-order valence-corrected chi connectivity index (χ3v) is 3.94. The predicted octanol–water partition coefficient (Wildman–Crippen LogP) is 2.60. The Morgan fingerprint density at radius 1 is 1.32 bits per heavy atom. The van der Waals surface area contributed by atoms with Crippen molar-refractivity contribution in [3.63, 3.8) is 0 Å². The number of nitrogens with one attached hydrogen (secondary N) is 1. The first kappa shape index (κ1) is 16.3. The highest BCUT2D eigenvalue weighted by atomic mass is 19.4. The average molecular weight is 280 g/mol. The van der Waals surface area contributed by atoms with E-state index in [2.05, 4.69) is 5.32 Å². The minimum Gasteiger partial charge on any atom is -0.353 e. The van der Waals surface area contributed by atoms with Gasteiger partial charge >= 0.3 is 6.18 Å². The van der Waals surface area contributed by atoms with E-state index in [1.165, 1.54) is 0 Å². The quantitative estimate of drug-likeness (QED) is 0.813. The molecule has 1 unspecified atom stereocenters. The zero-order valence-corrected chi connectivity index (χ0v) is 11.3. The van der Waals surface area contributed by atoms with E-state index in [1.54, 1.807) is 0 Å². The number of amides is 1. The monoisotopic (exact) mass is 280 g/mol. The van der Waals surface area contributed by atoms with Crippen molar-refractivity contribution in [2.45, 2.75) is 57.7 Å². The van der Waals surface area contributed by atoms with Crippen molar-refractivity contribution in [2.75, 3.05) is 6.54 Å². The summed E-state index contributed by atoms with van der Waals surface area (Å²) in [6, 6.07) is -0.110. The van der Waals surface area contributed by atoms with Crippen molar-refractivity contribution in [1.29, 1.82) is 0 Å². The van der Waals surface area contributed by atoms with E-state index >= 15 is 0 Å². The number of hydrogen-bond donors (Lipinski definition) is 2. The van der Waals surface area contributed by atoms with Crippen LogP contribution in [0.3, 0.4) is 0 Å². The summed E-state index contributed by atoms with van der Waals surface area (Å²) in [7, 11) is 0. The molecule has 0 bridgehead atoms. The molecule has 6 heteroatoms. The number of nitrogens with two attached hydrogens (primary N) is 1. The van der Waals surface area contributed by atoms with Crippen LogP contribution in [0.25, 0.3) is 0 Å². The fourth-order valence-corrected chi connectivity index (χ4v) is 2.51. The highest BCUT2D eigenvalue weighted by Crippen LogP contribution is 2.37. The van der Waals surface area contributed by atoms with Gasteiger partial charge in [-0.15, -0.1) is 0 Å². The molecule has 3 N–H and O–H groups in total. The number of carbonyl (C=O) groups is 1. The summed E-state index contributed by atoms with van der Waals surface area (Å²) >= 11 is 0. The van der Waals surface area contributed by atoms with Gasteiger partial charge in [0.1, 0.15) is 0 Å². The van der Waals surface area contributed by atoms with Crippen molar-refractivity contribution < 1.29 is 18.0 Å². The Morgan fingerprint density at radius 3 is 2.32 bits per heavy atom. The second-order valence-corrected chi connectivity index (χ2v) is 5.37. The summed E-state index contributed by atoms with van der Waals surface area (Å²) in [6.07, 6.45) is -1.84. The van der Waals surface area contributed by atoms with E-state index in [-0.39, 0.29) is 30.7 Å². The van der Waals surface area contributed by atoms with Crippen molar-refractivity contribution in [3.05, 3.63) is 0 Å². The van der Waals surface area contributed by atoms with Gasteiger partial charge in [0.2, 0.25) is 5.91 Å². The fourth-order valence-electron chi connectivity index (χ4n) is 2.51. The van der Waals surface area contributed by atoms with Crippen LogP contribution < -0.4 is 11.1 Å². The molecule has 0 radical (unpaired) electrons. The third-order valence-electron chi connectivity index (χ3n) is 3.94. The lowest BCUT2D eigenvalue weighted by molar-refractivity contribution is -0.182. The van der Waals surface area contributed by atoms with Crippen molar-refractivity contribution in [3.8, 4) is 0 Å². The Kier molecular flexibility index (Phi) is 6.10. The van der Waals surface area contributed by atoms with Gasteiger partial charge in [0, 0.05) is 12.5 Å². The van der Waals surface area contributed by atoms with Crippen LogP contribution in [0.4, 0.5) is 13.2 Å². The molecule has 0 saturated heterocycles. The number of hydrogen-bond acceptors (Lipinski definition) is 2. The molecule has 1 rings (SSSR count). The summed E-state index contributed by atoms with van der Waals surface area (Å²) in [6.45, 7) is 2.43. The molecule has 1 saturated carbocycles. The first-order valence-electron chi connectivity index (χ1n) is 6.93. The standard InChI is InChI=1S/C13H23F3N2O/c1-2-9(8-17)7-12(19)18-11-5-3-10(4-6-11)13(14,15)16/h9-11H,2-8,17H2,1H3,(H,18,19). The van der Waals surface area contributed by atoms with E-state index in [4.69, 9.17) is 5.73 Å². The van der Waals surface area contributed by atoms with Crippen LogP contribution in [0, 0.1) is 11.8 Å². The fraction of sp³-hybridized carbons (Fsp3) is 0.923. The SMILES string of the molecule is CCC(CN)CC(=O)NC1CCC(C(F)(F)F)CC1. The largest absolute Gasteiger partial charge is 0.391 e. The molecule has 0 aromatic heterocycles. The average Bonchev–Trinajstić information content (AvgIpc) is 2.35. The second-order valence-electron chi connectivity index (χ2n) is 5.37. The Hall–Kier alpha value is -0.780. The molecule has 0 heterocycles. The van der Waals surface area contributed by atoms with Crippen LogP contribution in [-0.4, -0.2) is 24.7 Å². The molecular weight excluding hydrogens is 257 g/mol. The molecule has 112 valence electrons. The highest BCUT2D eigenvalue weighted by molar-refractivity contribution is 5.76. The van der Waals surface area contributed by atoms with Crippen molar-refractivity contribution >= 4 is 5.91 Å². The Labute approximate surface area is 112 Å². The number of carbonyl (C=O) groups excluding carboxylic acids is 1. The van der Waals surface area contributed by atoms with Crippen LogP contribution in [0.15, 0.2) is 0 Å². The van der Waals surface area contributed by atoms with Crippen LogP contribution in [-0.2, 0) is 4.79 Å². The Bertz CT molecular complexity index is 282. The normalized spacial score (nSPS) is 25.9. The van der Waals surface area contributed by atoms with Gasteiger partial charge in [-0.2, -0.15) is 13.2 Å². The van der Waals surface area contributed by atoms with E-state index in [0.717, 1.165) is 6.42 Å². The molecule has 0 aromatic rings. The van der Waals surface area contributed by atoms with Gasteiger partial charge in [-0.1, -0.05) is 13.3 Å². The Balaban J connectivity index is 2.31. The summed E-state index contributed by atoms with van der Waals surface area (Å²) in [5.74, 6) is -1.13. The van der Waals surface area contributed by atoms with E-state index in [0.29, 0.717) is 25.8 Å². The molecule has 1 atom stereocenters. The van der Waals surface area contributed by atoms with Crippen molar-refractivity contribution in [2.24, 2.45) is 17.6 Å². The number of alkyl halides is 3. The van der Waals surface area contributed by atoms with Crippen LogP contribution in [0.1, 0.15) is 45.4 Å². The molecule has 1 aliphatic rings. The zero-order valence-electron chi connectivity index (χ0n) is 11.3. The van der Waals surface area contributed by atoms with Crippen LogP contribution >= 0.6 is 0 Å². The zero-order chi connectivity index (χ0) is 14.5. The van der Waals surface area contributed by atoms with Crippen LogP contribution in [0.5, 0.6) is 0 Å². The van der Waals surface area contributed by atoms with Gasteiger partial charge in [0.25, 0.3) is 0 Å². The molecule has 1 fully saturated rings. The predicted molar refractivity (Wildman–Crippen MR) is 67.4 cm³/mol. The van der Waals surface area contributed by atoms with Gasteiger partial charge in [-0.05, 0) is 38.1 Å². The maximum absolute atomic E-state index is 12.5. The Morgan fingerprint density at radius 2 is 1.89 bits per heavy atom. The van der Waals surface area contributed by atoms with Gasteiger partial charge in [0.15, 0.2) is 0 Å². The molecule has 19 heavy (non-hydrogen) atoms. The first-order chi connectivity index (χ1) is 8.86. The summed E-state index contributed by atoms with van der Waals surface area (Å²) in [5.41, 5.74) is 5.53. The van der Waals surface area contributed by atoms with E-state index < -0.39 is 12.1 Å². The lowest BCUT2D eigenvalue weighted by Crippen LogP contribution is -2.40. The lowest BCUT2D eigenvalue weighted by atomic mass is 9.85. The molecule has 1 amide bonds. The number of halogens is 3. The van der Waals surface area contributed by atoms with E-state index in [9.17, 15) is 18.0 Å². The minimum absolute atomic E-state index is 0.0900. The topological polar surface area (TPSA) is 55.1 Å². The second kappa shape index (κ2) is 7.12. The van der Waals surface area contributed by atoms with Crippen LogP contribution in [0.2, 0.25) is 0 Å². The van der Waals surface area contributed by atoms with Gasteiger partial charge in [0.05, 0.1) is 5.92 Å². The summed E-state index contributed by atoms with van der Waals surface area (Å²) in [5, 5.41) is 2.83. The maximum atomic E-state index is 12.5. The molecule has 0 aliphatic heterocycles. The minimum atomic E-state index is -4.10. The smallest absolute Gasteiger partial charge is 0.353 e. The third kappa shape index (κ3) is 5.38. The van der Waals surface area contributed by atoms with E-state index in [1.807, 2.05) is 6.92 Å². The van der Waals surface area contributed by atoms with Gasteiger partial charge in [-0.25, -0.2) is 0 Å². The summed E-state index contributed by atoms with van der Waals surface area (Å²) in [4.78, 5) is 11.7. The summed E-state index contributed by atoms with van der Waals surface area (Å²) < 4.78 is 37.5. The molecular formula is C13H23F3N2O. The maximum Gasteiger partial charge on any atom is 0.391 e. The molecule has 0 aromatic carbocycles. The molecule has 1 aliphatic carbocycles. The molecule has 3 nitrogen and oxygen atoms in total. The number of rotatable bonds is 5. The lowest BCUT2D eigenvalue weighted by Gasteiger charge is -2.30. The van der Waals surface area contributed by atoms with Gasteiger partial charge in [-0.3, -0.25) is 4.79 Å². The van der Waals surface area contributed by atoms with Crippen molar-refractivity contribution in [1.82, 2.24) is 5.32 Å². The first-order valence-corrected chi connectivity index (χ1v) is 6.93. The highest BCUT2D eigenvalue weighted by Gasteiger charge is 2.41.